The molecule has 1 saturated heterocycles. The van der Waals surface area contributed by atoms with E-state index in [4.69, 9.17) is 9.39 Å². The molecular weight excluding hydrogens is 297 g/mol. The molecule has 2 aromatic rings. The van der Waals surface area contributed by atoms with Crippen LogP contribution in [0.15, 0.2) is 18.5 Å². The van der Waals surface area contributed by atoms with Crippen LogP contribution in [0.2, 0.25) is 0 Å². The Morgan fingerprint density at radius 2 is 2.35 bits per heavy atom. The molecule has 0 aliphatic carbocycles. The lowest BCUT2D eigenvalue weighted by molar-refractivity contribution is -0.00473. The van der Waals surface area contributed by atoms with Gasteiger partial charge in [-0.05, 0) is 31.4 Å². The fraction of sp³-hybridized carbons (Fsp3) is 0.467. The van der Waals surface area contributed by atoms with Gasteiger partial charge in [-0.1, -0.05) is 0 Å². The fourth-order valence-electron chi connectivity index (χ4n) is 3.69. The third-order valence-electron chi connectivity index (χ3n) is 4.77. The topological polar surface area (TPSA) is 87.7 Å². The van der Waals surface area contributed by atoms with Crippen LogP contribution in [0, 0.1) is 0 Å². The summed E-state index contributed by atoms with van der Waals surface area (Å²) in [6, 6.07) is 1.96. The predicted octanol–water partition coefficient (Wildman–Crippen LogP) is 0.728. The summed E-state index contributed by atoms with van der Waals surface area (Å²) in [5, 5.41) is 11.3. The minimum atomic E-state index is -0.967. The van der Waals surface area contributed by atoms with Crippen LogP contribution in [-0.4, -0.2) is 52.8 Å². The van der Waals surface area contributed by atoms with Crippen molar-refractivity contribution in [3.63, 3.8) is 0 Å². The molecular formula is C15H18BN3O4. The number of rotatable bonds is 1. The van der Waals surface area contributed by atoms with Gasteiger partial charge in [0.1, 0.15) is 5.65 Å². The number of fused-ring (bicyclic) bond motifs is 4. The molecule has 1 spiro atoms. The molecule has 0 radical (unpaired) electrons. The first kappa shape index (κ1) is 14.5. The zero-order valence-corrected chi connectivity index (χ0v) is 12.9. The third kappa shape index (κ3) is 2.13. The Morgan fingerprint density at radius 1 is 1.57 bits per heavy atom. The van der Waals surface area contributed by atoms with Gasteiger partial charge >= 0.3 is 13.2 Å². The van der Waals surface area contributed by atoms with Gasteiger partial charge in [0.05, 0.1) is 12.2 Å². The number of pyridine rings is 1. The Bertz CT molecular complexity index is 754. The van der Waals surface area contributed by atoms with Crippen molar-refractivity contribution in [2.45, 2.75) is 25.4 Å². The molecule has 120 valence electrons. The van der Waals surface area contributed by atoms with E-state index < -0.39 is 12.7 Å². The van der Waals surface area contributed by atoms with E-state index in [1.54, 1.807) is 18.0 Å². The number of aromatic amines is 1. The van der Waals surface area contributed by atoms with Gasteiger partial charge in [0.2, 0.25) is 0 Å². The zero-order valence-electron chi connectivity index (χ0n) is 12.9. The standard InChI is InChI=1S/C15H18BN3O4/c1-2-22-14(20)19-7-4-15(5-8-19)12-10-3-6-17-13(10)18-9-11(12)16(21)23-15/h3,6,9,21H,2,4-5,7-8H2,1H3,(H,17,18). The largest absolute Gasteiger partial charge is 0.493 e. The van der Waals surface area contributed by atoms with Gasteiger partial charge in [0.25, 0.3) is 0 Å². The van der Waals surface area contributed by atoms with E-state index in [-0.39, 0.29) is 6.09 Å². The summed E-state index contributed by atoms with van der Waals surface area (Å²) in [6.07, 6.45) is 4.47. The van der Waals surface area contributed by atoms with Crippen molar-refractivity contribution in [1.82, 2.24) is 14.9 Å². The van der Waals surface area contributed by atoms with E-state index >= 15 is 0 Å². The molecule has 7 nitrogen and oxygen atoms in total. The Kier molecular flexibility index (Phi) is 3.31. The molecule has 0 bridgehead atoms. The van der Waals surface area contributed by atoms with Crippen LogP contribution in [-0.2, 0) is 15.0 Å². The number of likely N-dealkylation sites (tertiary alicyclic amines) is 1. The van der Waals surface area contributed by atoms with E-state index in [1.165, 1.54) is 0 Å². The molecule has 2 aliphatic rings. The number of nitrogens with one attached hydrogen (secondary N) is 1. The van der Waals surface area contributed by atoms with Crippen molar-refractivity contribution >= 4 is 29.7 Å². The molecule has 2 N–H and O–H groups in total. The van der Waals surface area contributed by atoms with Crippen LogP contribution in [0.5, 0.6) is 0 Å². The smallest absolute Gasteiger partial charge is 0.450 e. The van der Waals surface area contributed by atoms with E-state index in [1.807, 2.05) is 12.3 Å². The number of aromatic nitrogens is 2. The lowest BCUT2D eigenvalue weighted by atomic mass is 9.76. The first-order chi connectivity index (χ1) is 11.1. The number of nitrogens with zero attached hydrogens (tertiary/aromatic N) is 2. The number of carbonyl (C=O) groups is 1. The van der Waals surface area contributed by atoms with Crippen LogP contribution in [0.4, 0.5) is 4.79 Å². The van der Waals surface area contributed by atoms with E-state index in [9.17, 15) is 9.82 Å². The number of amides is 1. The van der Waals surface area contributed by atoms with Crippen LogP contribution in [0.1, 0.15) is 25.3 Å². The molecule has 8 heteroatoms. The zero-order chi connectivity index (χ0) is 16.0. The number of H-pyrrole nitrogens is 1. The van der Waals surface area contributed by atoms with Gasteiger partial charge < -0.3 is 24.3 Å². The normalized spacial score (nSPS) is 19.4. The number of hydrogen-bond donors (Lipinski definition) is 2. The summed E-state index contributed by atoms with van der Waals surface area (Å²) >= 11 is 0. The molecule has 0 saturated carbocycles. The molecule has 4 heterocycles. The quantitative estimate of drug-likeness (QED) is 0.758. The van der Waals surface area contributed by atoms with Crippen molar-refractivity contribution in [3.8, 4) is 0 Å². The van der Waals surface area contributed by atoms with E-state index in [2.05, 4.69) is 9.97 Å². The molecule has 1 amide bonds. The first-order valence-corrected chi connectivity index (χ1v) is 7.89. The monoisotopic (exact) mass is 315 g/mol. The maximum atomic E-state index is 11.9. The van der Waals surface area contributed by atoms with Crippen molar-refractivity contribution in [2.24, 2.45) is 0 Å². The molecule has 0 aromatic carbocycles. The van der Waals surface area contributed by atoms with Crippen molar-refractivity contribution < 1.29 is 19.2 Å². The Hall–Kier alpha value is -2.06. The second-order valence-electron chi connectivity index (χ2n) is 5.98. The minimum Gasteiger partial charge on any atom is -0.450 e. The molecule has 1 fully saturated rings. The van der Waals surface area contributed by atoms with Crippen molar-refractivity contribution in [3.05, 3.63) is 24.0 Å². The number of ether oxygens (including phenoxy) is 1. The van der Waals surface area contributed by atoms with Crippen molar-refractivity contribution in [2.75, 3.05) is 19.7 Å². The highest BCUT2D eigenvalue weighted by Gasteiger charge is 2.50. The van der Waals surface area contributed by atoms with Gasteiger partial charge in [-0.2, -0.15) is 0 Å². The molecule has 0 unspecified atom stereocenters. The summed E-state index contributed by atoms with van der Waals surface area (Å²) in [6.45, 7) is 3.25. The van der Waals surface area contributed by atoms with E-state index in [0.717, 1.165) is 22.1 Å². The Morgan fingerprint density at radius 3 is 3.09 bits per heavy atom. The summed E-state index contributed by atoms with van der Waals surface area (Å²) in [5.74, 6) is 0. The SMILES string of the molecule is CCOC(=O)N1CCC2(CC1)OB(O)c1cnc3[nH]ccc3c12. The Balaban J connectivity index is 1.68. The summed E-state index contributed by atoms with van der Waals surface area (Å²) < 4.78 is 11.0. The Labute approximate surface area is 133 Å². The highest BCUT2D eigenvalue weighted by atomic mass is 16.6. The minimum absolute atomic E-state index is 0.289. The number of hydrogen-bond acceptors (Lipinski definition) is 5. The van der Waals surface area contributed by atoms with Gasteiger partial charge in [0, 0.05) is 36.3 Å². The van der Waals surface area contributed by atoms with Gasteiger partial charge in [-0.3, -0.25) is 0 Å². The summed E-state index contributed by atoms with van der Waals surface area (Å²) in [4.78, 5) is 21.0. The van der Waals surface area contributed by atoms with Gasteiger partial charge in [0.15, 0.2) is 0 Å². The van der Waals surface area contributed by atoms with Crippen LogP contribution in [0.25, 0.3) is 11.0 Å². The first-order valence-electron chi connectivity index (χ1n) is 7.89. The fourth-order valence-corrected chi connectivity index (χ4v) is 3.69. The summed E-state index contributed by atoms with van der Waals surface area (Å²) in [5.41, 5.74) is 1.94. The number of carbonyl (C=O) groups excluding carboxylic acids is 1. The molecule has 2 aliphatic heterocycles. The molecule has 4 rings (SSSR count). The van der Waals surface area contributed by atoms with Crippen LogP contribution >= 0.6 is 0 Å². The lowest BCUT2D eigenvalue weighted by Gasteiger charge is -2.39. The number of piperidine rings is 1. The lowest BCUT2D eigenvalue weighted by Crippen LogP contribution is -2.46. The highest BCUT2D eigenvalue weighted by molar-refractivity contribution is 6.62. The second-order valence-corrected chi connectivity index (χ2v) is 5.98. The van der Waals surface area contributed by atoms with Crippen molar-refractivity contribution in [1.29, 1.82) is 0 Å². The van der Waals surface area contributed by atoms with Crippen LogP contribution in [0.3, 0.4) is 0 Å². The van der Waals surface area contributed by atoms with Gasteiger partial charge in [-0.15, -0.1) is 0 Å². The predicted molar refractivity (Wildman–Crippen MR) is 84.3 cm³/mol. The molecule has 23 heavy (non-hydrogen) atoms. The van der Waals surface area contributed by atoms with Gasteiger partial charge in [-0.25, -0.2) is 9.78 Å². The second kappa shape index (κ2) is 5.24. The highest BCUT2D eigenvalue weighted by Crippen LogP contribution is 2.42. The maximum absolute atomic E-state index is 11.9. The molecule has 2 aromatic heterocycles. The average Bonchev–Trinajstić information content (AvgIpc) is 3.12. The van der Waals surface area contributed by atoms with Crippen LogP contribution < -0.4 is 5.46 Å². The third-order valence-corrected chi connectivity index (χ3v) is 4.77. The maximum Gasteiger partial charge on any atom is 0.493 e. The average molecular weight is 315 g/mol. The molecule has 0 atom stereocenters. The van der Waals surface area contributed by atoms with E-state index in [0.29, 0.717) is 32.5 Å². The summed E-state index contributed by atoms with van der Waals surface area (Å²) in [7, 11) is -0.967.